The van der Waals surface area contributed by atoms with Gasteiger partial charge >= 0.3 is 5.97 Å². The fourth-order valence-corrected chi connectivity index (χ4v) is 1.85. The summed E-state index contributed by atoms with van der Waals surface area (Å²) in [5.41, 5.74) is -1.09. The molecule has 0 aromatic rings. The number of carboxylic acid groups (broad SMARTS) is 1. The normalized spacial score (nSPS) is 18.3. The highest BCUT2D eigenvalue weighted by molar-refractivity contribution is 5.71. The Morgan fingerprint density at radius 1 is 1.46 bits per heavy atom. The molecule has 0 aliphatic heterocycles. The lowest BCUT2D eigenvalue weighted by atomic mass is 9.81. The first kappa shape index (κ1) is 12.4. The van der Waals surface area contributed by atoms with Crippen molar-refractivity contribution in [3.05, 3.63) is 0 Å². The Morgan fingerprint density at radius 2 is 1.92 bits per heavy atom. The van der Waals surface area contributed by atoms with E-state index in [1.807, 2.05) is 13.8 Å². The molecule has 0 saturated heterocycles. The molecule has 3 heteroatoms. The van der Waals surface area contributed by atoms with Crippen molar-refractivity contribution in [2.75, 3.05) is 0 Å². The molecule has 0 radical (unpaired) electrons. The molecule has 2 N–H and O–H groups in total. The summed E-state index contributed by atoms with van der Waals surface area (Å²) in [5.74, 6) is -1.26. The molecule has 0 bridgehead atoms. The highest BCUT2D eigenvalue weighted by atomic mass is 16.4. The zero-order chi connectivity index (χ0) is 10.6. The number of hydrogen-bond donors (Lipinski definition) is 2. The SMILES string of the molecule is CCC(C(=O)O)C(C)(O)CC(C)C. The third-order valence-corrected chi connectivity index (χ3v) is 2.28. The molecule has 13 heavy (non-hydrogen) atoms. The van der Waals surface area contributed by atoms with Gasteiger partial charge in [-0.05, 0) is 25.7 Å². The number of hydrogen-bond acceptors (Lipinski definition) is 2. The van der Waals surface area contributed by atoms with Crippen LogP contribution in [0, 0.1) is 11.8 Å². The van der Waals surface area contributed by atoms with E-state index >= 15 is 0 Å². The van der Waals surface area contributed by atoms with Gasteiger partial charge in [-0.15, -0.1) is 0 Å². The van der Waals surface area contributed by atoms with Gasteiger partial charge in [0, 0.05) is 0 Å². The maximum absolute atomic E-state index is 10.8. The molecule has 0 rings (SSSR count). The molecular weight excluding hydrogens is 168 g/mol. The Labute approximate surface area is 79.8 Å². The fraction of sp³-hybridized carbons (Fsp3) is 0.900. The predicted octanol–water partition coefficient (Wildman–Crippen LogP) is 1.89. The van der Waals surface area contributed by atoms with Gasteiger partial charge in [-0.25, -0.2) is 0 Å². The summed E-state index contributed by atoms with van der Waals surface area (Å²) in [6, 6.07) is 0. The maximum Gasteiger partial charge on any atom is 0.309 e. The van der Waals surface area contributed by atoms with Gasteiger partial charge in [0.2, 0.25) is 0 Å². The van der Waals surface area contributed by atoms with E-state index in [-0.39, 0.29) is 0 Å². The van der Waals surface area contributed by atoms with E-state index in [9.17, 15) is 9.90 Å². The van der Waals surface area contributed by atoms with E-state index in [1.54, 1.807) is 13.8 Å². The summed E-state index contributed by atoms with van der Waals surface area (Å²) < 4.78 is 0. The number of rotatable bonds is 5. The summed E-state index contributed by atoms with van der Waals surface area (Å²) in [6.07, 6.45) is 0.993. The summed E-state index contributed by atoms with van der Waals surface area (Å²) in [6.45, 7) is 7.34. The van der Waals surface area contributed by atoms with Crippen molar-refractivity contribution in [1.82, 2.24) is 0 Å². The molecule has 0 spiro atoms. The van der Waals surface area contributed by atoms with Gasteiger partial charge in [0.25, 0.3) is 0 Å². The first-order valence-electron chi connectivity index (χ1n) is 4.76. The van der Waals surface area contributed by atoms with Crippen LogP contribution < -0.4 is 0 Å². The van der Waals surface area contributed by atoms with Crippen molar-refractivity contribution in [2.45, 2.75) is 46.1 Å². The van der Waals surface area contributed by atoms with E-state index in [1.165, 1.54) is 0 Å². The van der Waals surface area contributed by atoms with E-state index in [2.05, 4.69) is 0 Å². The Hall–Kier alpha value is -0.570. The van der Waals surface area contributed by atoms with Crippen LogP contribution in [0.25, 0.3) is 0 Å². The van der Waals surface area contributed by atoms with Crippen molar-refractivity contribution in [3.63, 3.8) is 0 Å². The Balaban J connectivity index is 4.47. The van der Waals surface area contributed by atoms with Crippen LogP contribution in [0.1, 0.15) is 40.5 Å². The van der Waals surface area contributed by atoms with Crippen molar-refractivity contribution < 1.29 is 15.0 Å². The molecule has 0 heterocycles. The van der Waals surface area contributed by atoms with Crippen molar-refractivity contribution in [2.24, 2.45) is 11.8 Å². The van der Waals surface area contributed by atoms with Gasteiger partial charge in [-0.1, -0.05) is 20.8 Å². The van der Waals surface area contributed by atoms with Crippen molar-refractivity contribution in [3.8, 4) is 0 Å². The largest absolute Gasteiger partial charge is 0.481 e. The maximum atomic E-state index is 10.8. The van der Waals surface area contributed by atoms with Gasteiger partial charge in [0.1, 0.15) is 0 Å². The quantitative estimate of drug-likeness (QED) is 0.692. The second kappa shape index (κ2) is 4.61. The first-order valence-corrected chi connectivity index (χ1v) is 4.76. The summed E-state index contributed by atoms with van der Waals surface area (Å²) in [4.78, 5) is 10.8. The zero-order valence-electron chi connectivity index (χ0n) is 8.87. The van der Waals surface area contributed by atoms with Crippen LogP contribution in [0.4, 0.5) is 0 Å². The van der Waals surface area contributed by atoms with Crippen LogP contribution in [0.5, 0.6) is 0 Å². The summed E-state index contributed by atoms with van der Waals surface area (Å²) in [7, 11) is 0. The average Bonchev–Trinajstić information content (AvgIpc) is 1.82. The second-order valence-corrected chi connectivity index (χ2v) is 4.25. The van der Waals surface area contributed by atoms with Crippen LogP contribution in [-0.4, -0.2) is 21.8 Å². The fourth-order valence-electron chi connectivity index (χ4n) is 1.85. The average molecular weight is 188 g/mol. The minimum atomic E-state index is -1.09. The van der Waals surface area contributed by atoms with Crippen LogP contribution in [0.15, 0.2) is 0 Å². The zero-order valence-corrected chi connectivity index (χ0v) is 8.87. The molecule has 3 nitrogen and oxygen atoms in total. The van der Waals surface area contributed by atoms with Crippen LogP contribution in [0.3, 0.4) is 0 Å². The monoisotopic (exact) mass is 188 g/mol. The van der Waals surface area contributed by atoms with E-state index < -0.39 is 17.5 Å². The molecule has 2 unspecified atom stereocenters. The van der Waals surface area contributed by atoms with Crippen LogP contribution >= 0.6 is 0 Å². The summed E-state index contributed by atoms with van der Waals surface area (Å²) in [5, 5.41) is 18.8. The molecule has 0 amide bonds. The molecule has 0 aliphatic rings. The predicted molar refractivity (Wildman–Crippen MR) is 51.5 cm³/mol. The molecule has 0 fully saturated rings. The van der Waals surface area contributed by atoms with Crippen LogP contribution in [0.2, 0.25) is 0 Å². The highest BCUT2D eigenvalue weighted by Gasteiger charge is 2.36. The lowest BCUT2D eigenvalue weighted by Crippen LogP contribution is -2.40. The molecule has 78 valence electrons. The lowest BCUT2D eigenvalue weighted by Gasteiger charge is -2.30. The molecule has 0 aromatic carbocycles. The Bertz CT molecular complexity index is 173. The van der Waals surface area contributed by atoms with E-state index in [0.717, 1.165) is 0 Å². The van der Waals surface area contributed by atoms with Crippen molar-refractivity contribution >= 4 is 5.97 Å². The second-order valence-electron chi connectivity index (χ2n) is 4.25. The van der Waals surface area contributed by atoms with E-state index in [4.69, 9.17) is 5.11 Å². The van der Waals surface area contributed by atoms with Gasteiger partial charge in [0.15, 0.2) is 0 Å². The minimum Gasteiger partial charge on any atom is -0.481 e. The molecule has 0 saturated carbocycles. The third-order valence-electron chi connectivity index (χ3n) is 2.28. The Morgan fingerprint density at radius 3 is 2.15 bits per heavy atom. The number of aliphatic carboxylic acids is 1. The molecule has 0 aromatic heterocycles. The first-order chi connectivity index (χ1) is 5.81. The molecule has 0 aliphatic carbocycles. The minimum absolute atomic E-state index is 0.309. The number of carboxylic acids is 1. The van der Waals surface area contributed by atoms with Gasteiger partial charge in [-0.2, -0.15) is 0 Å². The van der Waals surface area contributed by atoms with Gasteiger partial charge < -0.3 is 10.2 Å². The van der Waals surface area contributed by atoms with Gasteiger partial charge in [-0.3, -0.25) is 4.79 Å². The Kier molecular flexibility index (Phi) is 4.40. The van der Waals surface area contributed by atoms with E-state index in [0.29, 0.717) is 18.8 Å². The topological polar surface area (TPSA) is 57.5 Å². The highest BCUT2D eigenvalue weighted by Crippen LogP contribution is 2.27. The van der Waals surface area contributed by atoms with Crippen molar-refractivity contribution in [1.29, 1.82) is 0 Å². The summed E-state index contributed by atoms with van der Waals surface area (Å²) >= 11 is 0. The van der Waals surface area contributed by atoms with Crippen LogP contribution in [-0.2, 0) is 4.79 Å². The number of carbonyl (C=O) groups is 1. The standard InChI is InChI=1S/C10H20O3/c1-5-8(9(11)12)10(4,13)6-7(2)3/h7-8,13H,5-6H2,1-4H3,(H,11,12). The molecular formula is C10H20O3. The third kappa shape index (κ3) is 3.77. The number of aliphatic hydroxyl groups is 1. The van der Waals surface area contributed by atoms with Gasteiger partial charge in [0.05, 0.1) is 11.5 Å². The lowest BCUT2D eigenvalue weighted by molar-refractivity contribution is -0.152. The smallest absolute Gasteiger partial charge is 0.309 e. The molecule has 2 atom stereocenters.